The molecule has 0 unspecified atom stereocenters. The third-order valence-corrected chi connectivity index (χ3v) is 5.51. The number of nitrogens with one attached hydrogen (secondary N) is 1. The fourth-order valence-corrected chi connectivity index (χ4v) is 3.97. The Morgan fingerprint density at radius 3 is 2.81 bits per heavy atom. The molecule has 5 nitrogen and oxygen atoms in total. The van der Waals surface area contributed by atoms with Crippen molar-refractivity contribution in [3.8, 4) is 5.75 Å². The van der Waals surface area contributed by atoms with E-state index < -0.39 is 10.0 Å². The molecule has 0 amide bonds. The molecule has 0 radical (unpaired) electrons. The Morgan fingerprint density at radius 2 is 2.19 bits per heavy atom. The van der Waals surface area contributed by atoms with E-state index in [4.69, 9.17) is 16.3 Å². The van der Waals surface area contributed by atoms with Crippen LogP contribution in [0.4, 0.5) is 5.69 Å². The smallest absolute Gasteiger partial charge is 0.273 e. The van der Waals surface area contributed by atoms with E-state index in [1.54, 1.807) is 12.1 Å². The van der Waals surface area contributed by atoms with Crippen molar-refractivity contribution in [1.29, 1.82) is 0 Å². The Kier molecular flexibility index (Phi) is 5.08. The van der Waals surface area contributed by atoms with Gasteiger partial charge in [0.05, 0.1) is 18.5 Å². The molecule has 8 heteroatoms. The highest BCUT2D eigenvalue weighted by molar-refractivity contribution is 7.94. The molecule has 0 fully saturated rings. The number of aryl methyl sites for hydroxylation is 1. The summed E-state index contributed by atoms with van der Waals surface area (Å²) in [5.74, 6) is 0.510. The van der Waals surface area contributed by atoms with Crippen LogP contribution in [0.3, 0.4) is 0 Å². The van der Waals surface area contributed by atoms with Crippen LogP contribution in [-0.4, -0.2) is 20.0 Å². The first-order valence-electron chi connectivity index (χ1n) is 6.30. The van der Waals surface area contributed by atoms with Crippen molar-refractivity contribution in [1.82, 2.24) is 4.98 Å². The maximum absolute atomic E-state index is 12.3. The number of rotatable bonds is 6. The molecule has 2 rings (SSSR count). The summed E-state index contributed by atoms with van der Waals surface area (Å²) in [6, 6.07) is 5.30. The van der Waals surface area contributed by atoms with Crippen molar-refractivity contribution in [2.75, 3.05) is 11.3 Å². The predicted octanol–water partition coefficient (Wildman–Crippen LogP) is 3.69. The van der Waals surface area contributed by atoms with Crippen LogP contribution in [0.25, 0.3) is 0 Å². The molecule has 0 atom stereocenters. The molecule has 0 saturated heterocycles. The minimum Gasteiger partial charge on any atom is -0.491 e. The highest BCUT2D eigenvalue weighted by Crippen LogP contribution is 2.30. The first kappa shape index (κ1) is 16.1. The highest BCUT2D eigenvalue weighted by atomic mass is 35.5. The first-order valence-corrected chi connectivity index (χ1v) is 8.97. The van der Waals surface area contributed by atoms with E-state index in [0.29, 0.717) is 18.0 Å². The van der Waals surface area contributed by atoms with Gasteiger partial charge in [0.15, 0.2) is 8.68 Å². The van der Waals surface area contributed by atoms with Crippen LogP contribution in [0.5, 0.6) is 5.75 Å². The van der Waals surface area contributed by atoms with Crippen LogP contribution < -0.4 is 9.46 Å². The second-order valence-electron chi connectivity index (χ2n) is 4.39. The number of nitrogens with zero attached hydrogens (tertiary/aromatic N) is 1. The molecule has 0 saturated carbocycles. The number of sulfonamides is 1. The molecule has 0 aliphatic carbocycles. The summed E-state index contributed by atoms with van der Waals surface area (Å²) in [4.78, 5) is 3.74. The van der Waals surface area contributed by atoms with Gasteiger partial charge in [-0.25, -0.2) is 13.4 Å². The summed E-state index contributed by atoms with van der Waals surface area (Å²) in [5.41, 5.74) is 1.39. The second-order valence-corrected chi connectivity index (χ2v) is 7.91. The van der Waals surface area contributed by atoms with E-state index in [1.165, 1.54) is 6.20 Å². The van der Waals surface area contributed by atoms with Gasteiger partial charge in [0.2, 0.25) is 0 Å². The van der Waals surface area contributed by atoms with E-state index in [9.17, 15) is 8.42 Å². The quantitative estimate of drug-likeness (QED) is 0.866. The zero-order valence-corrected chi connectivity index (χ0v) is 14.0. The summed E-state index contributed by atoms with van der Waals surface area (Å²) in [7, 11) is -3.71. The third-order valence-electron chi connectivity index (χ3n) is 2.56. The third kappa shape index (κ3) is 4.09. The molecule has 1 heterocycles. The molecule has 0 spiro atoms. The van der Waals surface area contributed by atoms with Crippen LogP contribution in [0.2, 0.25) is 4.47 Å². The fraction of sp³-hybridized carbons (Fsp3) is 0.308. The van der Waals surface area contributed by atoms with Gasteiger partial charge in [0.1, 0.15) is 5.75 Å². The summed E-state index contributed by atoms with van der Waals surface area (Å²) in [6.45, 7) is 4.42. The molecule has 1 aromatic carbocycles. The van der Waals surface area contributed by atoms with Gasteiger partial charge in [0.25, 0.3) is 10.0 Å². The average molecular weight is 347 g/mol. The van der Waals surface area contributed by atoms with Gasteiger partial charge in [-0.15, -0.1) is 0 Å². The highest BCUT2D eigenvalue weighted by Gasteiger charge is 2.19. The molecule has 1 N–H and O–H groups in total. The minimum atomic E-state index is -3.71. The maximum Gasteiger partial charge on any atom is 0.273 e. The Balaban J connectivity index is 2.30. The average Bonchev–Trinajstić information content (AvgIpc) is 2.86. The SMILES string of the molecule is CCCOc1cc(C)ccc1NS(=O)(=O)c1cnc(Cl)s1. The van der Waals surface area contributed by atoms with E-state index in [1.807, 2.05) is 19.9 Å². The molecule has 114 valence electrons. The van der Waals surface area contributed by atoms with Gasteiger partial charge in [-0.2, -0.15) is 0 Å². The Bertz CT molecular complexity index is 729. The maximum atomic E-state index is 12.3. The lowest BCUT2D eigenvalue weighted by molar-refractivity contribution is 0.319. The second kappa shape index (κ2) is 6.64. The van der Waals surface area contributed by atoms with Crippen molar-refractivity contribution in [2.45, 2.75) is 24.5 Å². The number of thiazole rings is 1. The number of ether oxygens (including phenoxy) is 1. The molecular formula is C13H15ClN2O3S2. The van der Waals surface area contributed by atoms with Crippen LogP contribution in [0.1, 0.15) is 18.9 Å². The molecule has 2 aromatic rings. The van der Waals surface area contributed by atoms with Crippen LogP contribution in [0.15, 0.2) is 28.6 Å². The lowest BCUT2D eigenvalue weighted by atomic mass is 10.2. The first-order chi connectivity index (χ1) is 9.92. The molecule has 0 bridgehead atoms. The number of benzene rings is 1. The lowest BCUT2D eigenvalue weighted by Gasteiger charge is -2.13. The summed E-state index contributed by atoms with van der Waals surface area (Å²) < 4.78 is 32.9. The molecular weight excluding hydrogens is 332 g/mol. The number of anilines is 1. The van der Waals surface area contributed by atoms with Crippen molar-refractivity contribution in [3.63, 3.8) is 0 Å². The van der Waals surface area contributed by atoms with E-state index in [2.05, 4.69) is 9.71 Å². The Labute approximate surface area is 133 Å². The zero-order valence-electron chi connectivity index (χ0n) is 11.6. The standard InChI is InChI=1S/C13H15ClN2O3S2/c1-3-6-19-11-7-9(2)4-5-10(11)16-21(17,18)12-8-15-13(14)20-12/h4-5,7-8,16H,3,6H2,1-2H3. The van der Waals surface area contributed by atoms with Gasteiger partial charge in [-0.1, -0.05) is 35.9 Å². The van der Waals surface area contributed by atoms with Gasteiger partial charge in [-0.3, -0.25) is 4.72 Å². The minimum absolute atomic E-state index is 0.0644. The van der Waals surface area contributed by atoms with Gasteiger partial charge in [0, 0.05) is 0 Å². The summed E-state index contributed by atoms with van der Waals surface area (Å²) in [6.07, 6.45) is 2.07. The van der Waals surface area contributed by atoms with Gasteiger partial charge in [-0.05, 0) is 31.0 Å². The number of hydrogen-bond donors (Lipinski definition) is 1. The number of aromatic nitrogens is 1. The van der Waals surface area contributed by atoms with Gasteiger partial charge < -0.3 is 4.74 Å². The fourth-order valence-electron chi connectivity index (χ4n) is 1.60. The zero-order chi connectivity index (χ0) is 15.5. The van der Waals surface area contributed by atoms with E-state index in [-0.39, 0.29) is 8.68 Å². The Morgan fingerprint density at radius 1 is 1.43 bits per heavy atom. The van der Waals surface area contributed by atoms with Crippen LogP contribution in [0, 0.1) is 6.92 Å². The van der Waals surface area contributed by atoms with Gasteiger partial charge >= 0.3 is 0 Å². The van der Waals surface area contributed by atoms with Crippen LogP contribution >= 0.6 is 22.9 Å². The van der Waals surface area contributed by atoms with E-state index in [0.717, 1.165) is 23.3 Å². The molecule has 0 aliphatic heterocycles. The Hall–Kier alpha value is -1.31. The lowest BCUT2D eigenvalue weighted by Crippen LogP contribution is -2.13. The summed E-state index contributed by atoms with van der Waals surface area (Å²) in [5, 5.41) is 0. The normalized spacial score (nSPS) is 11.4. The molecule has 21 heavy (non-hydrogen) atoms. The van der Waals surface area contributed by atoms with Crippen molar-refractivity contribution in [3.05, 3.63) is 34.4 Å². The molecule has 1 aromatic heterocycles. The molecule has 0 aliphatic rings. The largest absolute Gasteiger partial charge is 0.491 e. The summed E-state index contributed by atoms with van der Waals surface area (Å²) >= 11 is 6.58. The number of hydrogen-bond acceptors (Lipinski definition) is 5. The monoisotopic (exact) mass is 346 g/mol. The topological polar surface area (TPSA) is 68.3 Å². The van der Waals surface area contributed by atoms with Crippen molar-refractivity contribution < 1.29 is 13.2 Å². The van der Waals surface area contributed by atoms with Crippen LogP contribution in [-0.2, 0) is 10.0 Å². The van der Waals surface area contributed by atoms with Crippen molar-refractivity contribution >= 4 is 38.6 Å². The number of halogens is 1. The predicted molar refractivity (Wildman–Crippen MR) is 84.9 cm³/mol. The van der Waals surface area contributed by atoms with Crippen molar-refractivity contribution in [2.24, 2.45) is 0 Å². The van der Waals surface area contributed by atoms with E-state index >= 15 is 0 Å².